The van der Waals surface area contributed by atoms with Gasteiger partial charge in [0.05, 0.1) is 5.36 Å². The highest BCUT2D eigenvalue weighted by molar-refractivity contribution is 8.09. The minimum atomic E-state index is 0.359. The number of benzene rings is 3. The second-order valence-electron chi connectivity index (χ2n) is 7.79. The van der Waals surface area contributed by atoms with Gasteiger partial charge in [0, 0.05) is 23.4 Å². The van der Waals surface area contributed by atoms with Crippen LogP contribution in [-0.4, -0.2) is 5.78 Å². The second-order valence-corrected chi connectivity index (χ2v) is 8.57. The van der Waals surface area contributed by atoms with Crippen LogP contribution in [0.5, 0.6) is 0 Å². The summed E-state index contributed by atoms with van der Waals surface area (Å²) in [5.74, 6) is 0.359. The lowest BCUT2D eigenvalue weighted by atomic mass is 9.78. The van der Waals surface area contributed by atoms with E-state index in [1.165, 1.54) is 33.0 Å². The summed E-state index contributed by atoms with van der Waals surface area (Å²) in [5, 5.41) is 6.32. The van der Waals surface area contributed by atoms with Crippen LogP contribution in [-0.2, 0) is 19.3 Å². The van der Waals surface area contributed by atoms with Gasteiger partial charge in [0.2, 0.25) is 0 Å². The molecule has 1 aliphatic heterocycles. The normalized spacial score (nSPS) is 15.7. The van der Waals surface area contributed by atoms with Crippen molar-refractivity contribution in [3.8, 4) is 11.1 Å². The molecular formula is C27H23NOS. The minimum Gasteiger partial charge on any atom is -0.294 e. The molecule has 6 rings (SSSR count). The maximum absolute atomic E-state index is 12.3. The van der Waals surface area contributed by atoms with Gasteiger partial charge in [-0.3, -0.25) is 9.79 Å². The molecule has 0 N–H and O–H groups in total. The summed E-state index contributed by atoms with van der Waals surface area (Å²) in [6.07, 6.45) is 6.71. The van der Waals surface area contributed by atoms with E-state index in [0.717, 1.165) is 43.0 Å². The molecule has 0 bridgehead atoms. The van der Waals surface area contributed by atoms with Gasteiger partial charge < -0.3 is 0 Å². The zero-order chi connectivity index (χ0) is 20.3. The number of thioether (sulfide) groups is 1. The summed E-state index contributed by atoms with van der Waals surface area (Å²) in [7, 11) is 0. The van der Waals surface area contributed by atoms with Gasteiger partial charge in [-0.2, -0.15) is 0 Å². The molecule has 148 valence electrons. The molecule has 0 saturated carbocycles. The van der Waals surface area contributed by atoms with Gasteiger partial charge in [-0.1, -0.05) is 54.6 Å². The molecule has 0 amide bonds. The Morgan fingerprint density at radius 2 is 1.63 bits per heavy atom. The van der Waals surface area contributed by atoms with Gasteiger partial charge >= 0.3 is 0 Å². The first-order valence-corrected chi connectivity index (χ1v) is 11.5. The molecule has 0 radical (unpaired) electrons. The average molecular weight is 410 g/mol. The number of nitrogens with zero attached hydrogens (tertiary/aromatic N) is 1. The summed E-state index contributed by atoms with van der Waals surface area (Å²) < 4.78 is 0. The molecule has 0 atom stereocenters. The predicted octanol–water partition coefficient (Wildman–Crippen LogP) is 5.23. The predicted molar refractivity (Wildman–Crippen MR) is 125 cm³/mol. The Kier molecular flexibility index (Phi) is 5.37. The van der Waals surface area contributed by atoms with Crippen LogP contribution in [0, 0.1) is 0 Å². The molecule has 0 spiro atoms. The number of hydrogen-bond acceptors (Lipinski definition) is 3. The van der Waals surface area contributed by atoms with E-state index in [9.17, 15) is 4.79 Å². The fraction of sp³-hybridized carbons (Fsp3) is 0.185. The number of rotatable bonds is 0. The first-order chi connectivity index (χ1) is 14.8. The molecule has 2 nitrogen and oxygen atoms in total. The van der Waals surface area contributed by atoms with Crippen LogP contribution >= 0.6 is 11.8 Å². The number of fused-ring (bicyclic) bond motifs is 6. The smallest absolute Gasteiger partial charge is 0.163 e. The van der Waals surface area contributed by atoms with E-state index in [-0.39, 0.29) is 0 Å². The van der Waals surface area contributed by atoms with E-state index in [1.54, 1.807) is 11.8 Å². The number of ketones is 1. The van der Waals surface area contributed by atoms with Gasteiger partial charge in [0.15, 0.2) is 5.78 Å². The highest BCUT2D eigenvalue weighted by atomic mass is 32.2. The summed E-state index contributed by atoms with van der Waals surface area (Å²) in [5.41, 5.74) is 7.66. The van der Waals surface area contributed by atoms with Crippen LogP contribution in [0.4, 0.5) is 0 Å². The number of para-hydroxylation sites is 1. The molecule has 3 aromatic rings. The zero-order valence-corrected chi connectivity index (χ0v) is 17.6. The monoisotopic (exact) mass is 409 g/mol. The Bertz CT molecular complexity index is 1270. The van der Waals surface area contributed by atoms with Crippen LogP contribution in [0.1, 0.15) is 39.9 Å². The highest BCUT2D eigenvalue weighted by Gasteiger charge is 2.25. The molecule has 3 heteroatoms. The summed E-state index contributed by atoms with van der Waals surface area (Å²) in [6, 6.07) is 21.1. The van der Waals surface area contributed by atoms with Crippen molar-refractivity contribution in [1.82, 2.24) is 0 Å². The third kappa shape index (κ3) is 3.66. The van der Waals surface area contributed by atoms with Gasteiger partial charge in [-0.05, 0) is 70.4 Å². The highest BCUT2D eigenvalue weighted by Crippen LogP contribution is 2.38. The van der Waals surface area contributed by atoms with Crippen molar-refractivity contribution in [2.45, 2.75) is 32.1 Å². The number of hydrogen-bond donors (Lipinski definition) is 0. The fourth-order valence-electron chi connectivity index (χ4n) is 4.55. The molecule has 0 fully saturated rings. The van der Waals surface area contributed by atoms with Crippen molar-refractivity contribution in [3.05, 3.63) is 105 Å². The van der Waals surface area contributed by atoms with E-state index in [4.69, 9.17) is 0 Å². The minimum absolute atomic E-state index is 0.359. The largest absolute Gasteiger partial charge is 0.294 e. The third-order valence-electron chi connectivity index (χ3n) is 5.96. The zero-order valence-electron chi connectivity index (χ0n) is 16.8. The van der Waals surface area contributed by atoms with E-state index in [0.29, 0.717) is 5.78 Å². The lowest BCUT2D eigenvalue weighted by Gasteiger charge is -2.26. The topological polar surface area (TPSA) is 29.4 Å². The number of Topliss-reactive ketones (excluding diaryl/α,β-unsaturated/α-hetero) is 1. The average Bonchev–Trinajstić information content (AvgIpc) is 3.05. The summed E-state index contributed by atoms with van der Waals surface area (Å²) in [4.78, 5) is 16.5. The SMILES string of the molecule is C1=CSC=c2ccccc2=N1.O=C1CCCc2ccc3c(c21)CCc1ccccc1-3. The number of carbonyl (C=O) groups is 1. The van der Waals surface area contributed by atoms with E-state index in [2.05, 4.69) is 52.9 Å². The Morgan fingerprint density at radius 1 is 0.767 bits per heavy atom. The van der Waals surface area contributed by atoms with Crippen LogP contribution < -0.4 is 10.6 Å². The van der Waals surface area contributed by atoms with E-state index in [1.807, 2.05) is 29.8 Å². The summed E-state index contributed by atoms with van der Waals surface area (Å²) >= 11 is 1.66. The molecule has 0 unspecified atom stereocenters. The Balaban J connectivity index is 0.000000149. The Morgan fingerprint density at radius 3 is 2.60 bits per heavy atom. The number of carbonyl (C=O) groups excluding carboxylic acids is 1. The van der Waals surface area contributed by atoms with Crippen molar-refractivity contribution < 1.29 is 4.79 Å². The van der Waals surface area contributed by atoms with Gasteiger partial charge in [0.1, 0.15) is 0 Å². The van der Waals surface area contributed by atoms with Crippen LogP contribution in [0.3, 0.4) is 0 Å². The van der Waals surface area contributed by atoms with Crippen molar-refractivity contribution in [2.75, 3.05) is 0 Å². The molecule has 2 aliphatic carbocycles. The van der Waals surface area contributed by atoms with E-state index >= 15 is 0 Å². The lowest BCUT2D eigenvalue weighted by molar-refractivity contribution is 0.0971. The van der Waals surface area contributed by atoms with Gasteiger partial charge in [0.25, 0.3) is 0 Å². The maximum Gasteiger partial charge on any atom is 0.163 e. The van der Waals surface area contributed by atoms with Crippen LogP contribution in [0.2, 0.25) is 0 Å². The maximum atomic E-state index is 12.3. The van der Waals surface area contributed by atoms with Crippen LogP contribution in [0.25, 0.3) is 16.5 Å². The Labute approximate surface area is 181 Å². The first kappa shape index (κ1) is 19.1. The van der Waals surface area contributed by atoms with Crippen molar-refractivity contribution >= 4 is 23.0 Å². The van der Waals surface area contributed by atoms with E-state index < -0.39 is 0 Å². The van der Waals surface area contributed by atoms with Crippen molar-refractivity contribution in [3.63, 3.8) is 0 Å². The number of aryl methyl sites for hydroxylation is 2. The van der Waals surface area contributed by atoms with Gasteiger partial charge in [-0.25, -0.2) is 0 Å². The molecule has 0 aromatic heterocycles. The summed E-state index contributed by atoms with van der Waals surface area (Å²) in [6.45, 7) is 0. The Hall–Kier alpha value is -2.91. The van der Waals surface area contributed by atoms with Crippen LogP contribution in [0.15, 0.2) is 77.3 Å². The third-order valence-corrected chi connectivity index (χ3v) is 6.63. The van der Waals surface area contributed by atoms with Crippen molar-refractivity contribution in [1.29, 1.82) is 0 Å². The molecule has 30 heavy (non-hydrogen) atoms. The first-order valence-electron chi connectivity index (χ1n) is 10.5. The molecule has 3 aliphatic rings. The molecule has 0 saturated heterocycles. The van der Waals surface area contributed by atoms with Gasteiger partial charge in [-0.15, -0.1) is 11.8 Å². The molecule has 1 heterocycles. The van der Waals surface area contributed by atoms with Crippen molar-refractivity contribution in [2.24, 2.45) is 4.99 Å². The standard InChI is InChI=1S/C18H16O.C9H7NS/c19-17-7-3-5-13-9-10-15-14-6-2-1-4-12(14)8-11-16(15)18(13)17;1-2-4-9-8(3-1)7-11-6-5-10-9/h1-2,4,6,9-10H,3,5,7-8,11H2;1-7H. The molecule has 3 aromatic carbocycles. The quantitative estimate of drug-likeness (QED) is 0.509. The fourth-order valence-corrected chi connectivity index (χ4v) is 5.11. The lowest BCUT2D eigenvalue weighted by Crippen LogP contribution is -2.22. The molecular weight excluding hydrogens is 386 g/mol. The second kappa shape index (κ2) is 8.45.